The fourth-order valence-electron chi connectivity index (χ4n) is 3.22. The van der Waals surface area contributed by atoms with Crippen LogP contribution in [0.1, 0.15) is 43.6 Å². The first-order chi connectivity index (χ1) is 11.3. The SMILES string of the molecule is CCn1cccc(C2OC(C)(C)Cc3ccc([N+](=O)[O-])cc32)c1=O. The molecule has 6 heteroatoms. The number of fused-ring (bicyclic) bond motifs is 1. The van der Waals surface area contributed by atoms with Gasteiger partial charge in [0.15, 0.2) is 0 Å². The Bertz CT molecular complexity index is 854. The largest absolute Gasteiger partial charge is 0.362 e. The second kappa shape index (κ2) is 5.87. The van der Waals surface area contributed by atoms with Crippen molar-refractivity contribution >= 4 is 5.69 Å². The third kappa shape index (κ3) is 2.85. The highest BCUT2D eigenvalue weighted by atomic mass is 16.6. The van der Waals surface area contributed by atoms with Gasteiger partial charge >= 0.3 is 0 Å². The van der Waals surface area contributed by atoms with Crippen LogP contribution in [0.5, 0.6) is 0 Å². The maximum absolute atomic E-state index is 12.7. The standard InChI is InChI=1S/C18H20N2O4/c1-4-19-9-5-6-14(17(19)21)16-15-10-13(20(22)23)8-7-12(15)11-18(2,3)24-16/h5-10,16H,4,11H2,1-3H3. The highest BCUT2D eigenvalue weighted by Crippen LogP contribution is 2.39. The molecular formula is C18H20N2O4. The number of pyridine rings is 1. The molecule has 1 aliphatic rings. The van der Waals surface area contributed by atoms with Gasteiger partial charge in [-0.2, -0.15) is 0 Å². The van der Waals surface area contributed by atoms with E-state index in [1.165, 1.54) is 12.1 Å². The van der Waals surface area contributed by atoms with Crippen LogP contribution in [0.15, 0.2) is 41.3 Å². The molecule has 1 unspecified atom stereocenters. The molecule has 0 amide bonds. The number of ether oxygens (including phenoxy) is 1. The maximum atomic E-state index is 12.7. The van der Waals surface area contributed by atoms with E-state index in [1.54, 1.807) is 22.9 Å². The van der Waals surface area contributed by atoms with Crippen LogP contribution in [0, 0.1) is 10.1 Å². The van der Waals surface area contributed by atoms with E-state index in [-0.39, 0.29) is 11.2 Å². The number of nitrogens with zero attached hydrogens (tertiary/aromatic N) is 2. The summed E-state index contributed by atoms with van der Waals surface area (Å²) in [6, 6.07) is 8.35. The van der Waals surface area contributed by atoms with Crippen LogP contribution in [-0.2, 0) is 17.7 Å². The normalized spacial score (nSPS) is 18.9. The van der Waals surface area contributed by atoms with Crippen LogP contribution in [0.2, 0.25) is 0 Å². The predicted octanol–water partition coefficient (Wildman–Crippen LogP) is 3.22. The highest BCUT2D eigenvalue weighted by Gasteiger charge is 2.36. The quantitative estimate of drug-likeness (QED) is 0.640. The van der Waals surface area contributed by atoms with E-state index >= 15 is 0 Å². The van der Waals surface area contributed by atoms with Gasteiger partial charge in [-0.25, -0.2) is 0 Å². The van der Waals surface area contributed by atoms with Crippen molar-refractivity contribution in [2.75, 3.05) is 0 Å². The van der Waals surface area contributed by atoms with E-state index in [4.69, 9.17) is 4.74 Å². The first-order valence-corrected chi connectivity index (χ1v) is 7.97. The van der Waals surface area contributed by atoms with Gasteiger partial charge in [0.05, 0.1) is 16.1 Å². The molecule has 0 radical (unpaired) electrons. The van der Waals surface area contributed by atoms with Gasteiger partial charge < -0.3 is 9.30 Å². The van der Waals surface area contributed by atoms with Crippen molar-refractivity contribution in [2.24, 2.45) is 0 Å². The number of nitro benzene ring substituents is 1. The molecule has 0 saturated carbocycles. The van der Waals surface area contributed by atoms with Gasteiger partial charge in [-0.05, 0) is 44.0 Å². The number of nitro groups is 1. The molecule has 6 nitrogen and oxygen atoms in total. The molecule has 1 aliphatic heterocycles. The fourth-order valence-corrected chi connectivity index (χ4v) is 3.22. The van der Waals surface area contributed by atoms with Crippen molar-refractivity contribution in [3.8, 4) is 0 Å². The van der Waals surface area contributed by atoms with E-state index < -0.39 is 16.6 Å². The van der Waals surface area contributed by atoms with Crippen molar-refractivity contribution in [3.63, 3.8) is 0 Å². The first kappa shape index (κ1) is 16.4. The number of benzene rings is 1. The minimum Gasteiger partial charge on any atom is -0.362 e. The van der Waals surface area contributed by atoms with Gasteiger partial charge in [-0.1, -0.05) is 6.07 Å². The van der Waals surface area contributed by atoms with Crippen molar-refractivity contribution < 1.29 is 9.66 Å². The molecule has 126 valence electrons. The van der Waals surface area contributed by atoms with Crippen LogP contribution in [0.3, 0.4) is 0 Å². The van der Waals surface area contributed by atoms with Gasteiger partial charge in [-0.15, -0.1) is 0 Å². The average molecular weight is 328 g/mol. The molecule has 1 aromatic carbocycles. The summed E-state index contributed by atoms with van der Waals surface area (Å²) in [6.07, 6.45) is 1.77. The summed E-state index contributed by atoms with van der Waals surface area (Å²) in [4.78, 5) is 23.4. The highest BCUT2D eigenvalue weighted by molar-refractivity contribution is 5.45. The Balaban J connectivity index is 2.20. The second-order valence-corrected chi connectivity index (χ2v) is 6.63. The summed E-state index contributed by atoms with van der Waals surface area (Å²) in [5.41, 5.74) is 1.62. The van der Waals surface area contributed by atoms with Gasteiger partial charge in [-0.3, -0.25) is 14.9 Å². The Morgan fingerprint density at radius 1 is 1.33 bits per heavy atom. The van der Waals surface area contributed by atoms with Crippen LogP contribution in [0.4, 0.5) is 5.69 Å². The number of hydrogen-bond acceptors (Lipinski definition) is 4. The topological polar surface area (TPSA) is 74.4 Å². The summed E-state index contributed by atoms with van der Waals surface area (Å²) in [6.45, 7) is 6.39. The predicted molar refractivity (Wildman–Crippen MR) is 90.2 cm³/mol. The lowest BCUT2D eigenvalue weighted by molar-refractivity contribution is -0.385. The maximum Gasteiger partial charge on any atom is 0.269 e. The molecule has 0 fully saturated rings. The zero-order valence-electron chi connectivity index (χ0n) is 14.0. The second-order valence-electron chi connectivity index (χ2n) is 6.63. The molecule has 0 aliphatic carbocycles. The number of non-ortho nitro benzene ring substituents is 1. The number of aromatic nitrogens is 1. The monoisotopic (exact) mass is 328 g/mol. The summed E-state index contributed by atoms with van der Waals surface area (Å²) in [5.74, 6) is 0. The van der Waals surface area contributed by atoms with E-state index in [1.807, 2.05) is 26.8 Å². The van der Waals surface area contributed by atoms with E-state index in [2.05, 4.69) is 0 Å². The van der Waals surface area contributed by atoms with Gasteiger partial charge in [0.1, 0.15) is 6.10 Å². The number of rotatable bonds is 3. The minimum atomic E-state index is -0.602. The van der Waals surface area contributed by atoms with Crippen molar-refractivity contribution in [1.29, 1.82) is 0 Å². The third-order valence-corrected chi connectivity index (χ3v) is 4.35. The molecule has 2 aromatic rings. The Morgan fingerprint density at radius 2 is 2.08 bits per heavy atom. The molecule has 24 heavy (non-hydrogen) atoms. The summed E-state index contributed by atoms with van der Waals surface area (Å²) in [5, 5.41) is 11.1. The summed E-state index contributed by atoms with van der Waals surface area (Å²) < 4.78 is 7.77. The first-order valence-electron chi connectivity index (χ1n) is 7.97. The summed E-state index contributed by atoms with van der Waals surface area (Å²) in [7, 11) is 0. The molecule has 0 bridgehead atoms. The van der Waals surface area contributed by atoms with Crippen molar-refractivity contribution in [1.82, 2.24) is 4.57 Å². The lowest BCUT2D eigenvalue weighted by Crippen LogP contribution is -2.37. The van der Waals surface area contributed by atoms with Crippen LogP contribution in [0.25, 0.3) is 0 Å². The summed E-state index contributed by atoms with van der Waals surface area (Å²) >= 11 is 0. The van der Waals surface area contributed by atoms with Crippen LogP contribution in [-0.4, -0.2) is 15.1 Å². The molecule has 0 spiro atoms. The van der Waals surface area contributed by atoms with Gasteiger partial charge in [0.25, 0.3) is 11.2 Å². The Kier molecular flexibility index (Phi) is 4.01. The average Bonchev–Trinajstić information content (AvgIpc) is 2.53. The van der Waals surface area contributed by atoms with Crippen molar-refractivity contribution in [3.05, 3.63) is 73.7 Å². The molecule has 3 rings (SSSR count). The molecule has 0 saturated heterocycles. The molecule has 2 heterocycles. The number of hydrogen-bond donors (Lipinski definition) is 0. The van der Waals surface area contributed by atoms with Crippen molar-refractivity contribution in [2.45, 2.75) is 45.4 Å². The Hall–Kier alpha value is -2.47. The molecule has 1 aromatic heterocycles. The van der Waals surface area contributed by atoms with Crippen LogP contribution < -0.4 is 5.56 Å². The lowest BCUT2D eigenvalue weighted by Gasteiger charge is -2.37. The fraction of sp³-hybridized carbons (Fsp3) is 0.389. The van der Waals surface area contributed by atoms with E-state index in [0.717, 1.165) is 5.56 Å². The van der Waals surface area contributed by atoms with E-state index in [0.29, 0.717) is 24.1 Å². The Labute approximate surface area is 139 Å². The molecular weight excluding hydrogens is 308 g/mol. The Morgan fingerprint density at radius 3 is 2.75 bits per heavy atom. The third-order valence-electron chi connectivity index (χ3n) is 4.35. The lowest BCUT2D eigenvalue weighted by atomic mass is 9.86. The minimum absolute atomic E-state index is 0.00815. The number of aryl methyl sites for hydroxylation is 1. The molecule has 0 N–H and O–H groups in total. The molecule has 1 atom stereocenters. The van der Waals surface area contributed by atoms with Gasteiger partial charge in [0.2, 0.25) is 0 Å². The smallest absolute Gasteiger partial charge is 0.269 e. The van der Waals surface area contributed by atoms with E-state index in [9.17, 15) is 14.9 Å². The zero-order chi connectivity index (χ0) is 17.5. The van der Waals surface area contributed by atoms with Crippen LogP contribution >= 0.6 is 0 Å². The zero-order valence-corrected chi connectivity index (χ0v) is 14.0. The van der Waals surface area contributed by atoms with Gasteiger partial charge in [0, 0.05) is 31.3 Å².